The van der Waals surface area contributed by atoms with Crippen molar-refractivity contribution < 1.29 is 19.1 Å². The number of amides is 2. The highest BCUT2D eigenvalue weighted by molar-refractivity contribution is 5.96. The highest BCUT2D eigenvalue weighted by Gasteiger charge is 2.23. The molecule has 7 heteroatoms. The third kappa shape index (κ3) is 7.07. The van der Waals surface area contributed by atoms with Crippen LogP contribution in [-0.4, -0.2) is 28.6 Å². The quantitative estimate of drug-likeness (QED) is 0.479. The highest BCUT2D eigenvalue weighted by Crippen LogP contribution is 2.33. The minimum atomic E-state index is -0.759. The number of nitrogens with one attached hydrogen (secondary N) is 2. The van der Waals surface area contributed by atoms with Gasteiger partial charge in [-0.2, -0.15) is 0 Å². The predicted octanol–water partition coefficient (Wildman–Crippen LogP) is 5.78. The summed E-state index contributed by atoms with van der Waals surface area (Å²) in [6, 6.07) is 20.3. The molecule has 1 atom stereocenters. The summed E-state index contributed by atoms with van der Waals surface area (Å²) in [5.74, 6) is 1.14. The molecule has 2 amide bonds. The molecular weight excluding hydrogens is 418 g/mol. The summed E-state index contributed by atoms with van der Waals surface area (Å²) in [6.45, 7) is 7.09. The molecule has 0 radical (unpaired) electrons. The van der Waals surface area contributed by atoms with Crippen molar-refractivity contribution in [3.05, 3.63) is 72.9 Å². The summed E-state index contributed by atoms with van der Waals surface area (Å²) < 4.78 is 11.3. The molecule has 0 aliphatic carbocycles. The zero-order valence-electron chi connectivity index (χ0n) is 19.3. The summed E-state index contributed by atoms with van der Waals surface area (Å²) in [7, 11) is 0. The van der Waals surface area contributed by atoms with Crippen LogP contribution in [0.5, 0.6) is 11.5 Å². The second kappa shape index (κ2) is 10.6. The van der Waals surface area contributed by atoms with E-state index in [9.17, 15) is 9.59 Å². The second-order valence-corrected chi connectivity index (χ2v) is 8.44. The van der Waals surface area contributed by atoms with Crippen molar-refractivity contribution >= 4 is 17.8 Å². The average Bonchev–Trinajstić information content (AvgIpc) is 2.77. The number of anilines is 1. The molecule has 33 heavy (non-hydrogen) atoms. The van der Waals surface area contributed by atoms with Crippen molar-refractivity contribution in [2.75, 3.05) is 5.32 Å². The lowest BCUT2D eigenvalue weighted by Gasteiger charge is -2.22. The van der Waals surface area contributed by atoms with E-state index in [-0.39, 0.29) is 0 Å². The fraction of sp³-hybridized carbons (Fsp3) is 0.269. The van der Waals surface area contributed by atoms with E-state index in [1.807, 2.05) is 54.6 Å². The molecule has 0 aliphatic heterocycles. The van der Waals surface area contributed by atoms with Crippen molar-refractivity contribution in [1.82, 2.24) is 10.3 Å². The molecule has 3 rings (SSSR count). The van der Waals surface area contributed by atoms with Crippen LogP contribution in [-0.2, 0) is 9.53 Å². The number of carbonyl (C=O) groups excluding carboxylic acids is 2. The number of carbonyl (C=O) groups is 2. The van der Waals surface area contributed by atoms with Gasteiger partial charge in [0.1, 0.15) is 29.0 Å². The third-order valence-electron chi connectivity index (χ3n) is 4.60. The number of aromatic nitrogens is 1. The maximum atomic E-state index is 12.7. The molecule has 2 N–H and O–H groups in total. The van der Waals surface area contributed by atoms with E-state index in [0.717, 1.165) is 11.1 Å². The van der Waals surface area contributed by atoms with Crippen molar-refractivity contribution in [3.8, 4) is 22.6 Å². The van der Waals surface area contributed by atoms with Crippen LogP contribution in [0.15, 0.2) is 72.9 Å². The second-order valence-electron chi connectivity index (χ2n) is 8.44. The lowest BCUT2D eigenvalue weighted by atomic mass is 10.1. The summed E-state index contributed by atoms with van der Waals surface area (Å²) in [4.78, 5) is 28.9. The normalized spacial score (nSPS) is 11.9. The summed E-state index contributed by atoms with van der Waals surface area (Å²) in [5, 5.41) is 5.32. The summed E-state index contributed by atoms with van der Waals surface area (Å²) >= 11 is 0. The molecule has 0 saturated carbocycles. The number of alkyl carbamates (subject to hydrolysis) is 1. The number of hydrogen-bond donors (Lipinski definition) is 2. The molecular formula is C26H29N3O4. The van der Waals surface area contributed by atoms with Crippen LogP contribution in [0.4, 0.5) is 10.6 Å². The van der Waals surface area contributed by atoms with Gasteiger partial charge in [0.2, 0.25) is 5.91 Å². The van der Waals surface area contributed by atoms with Gasteiger partial charge < -0.3 is 20.1 Å². The Balaban J connectivity index is 1.70. The smallest absolute Gasteiger partial charge is 0.408 e. The van der Waals surface area contributed by atoms with Crippen molar-refractivity contribution in [2.45, 2.75) is 45.8 Å². The Kier molecular flexibility index (Phi) is 7.66. The Morgan fingerprint density at radius 1 is 1.00 bits per heavy atom. The van der Waals surface area contributed by atoms with Crippen LogP contribution in [0.3, 0.4) is 0 Å². The SMILES string of the molecule is CC[C@@H](NC(=O)OC(C)(C)C)C(=O)Nc1cc(Oc2ccccc2-c2ccccc2)ccn1. The minimum absolute atomic E-state index is 0.319. The van der Waals surface area contributed by atoms with Crippen LogP contribution < -0.4 is 15.4 Å². The number of pyridine rings is 1. The first-order valence-electron chi connectivity index (χ1n) is 10.8. The standard InChI is InChI=1S/C26H29N3O4/c1-5-21(28-25(31)33-26(2,3)4)24(30)29-23-17-19(15-16-27-23)32-22-14-10-9-13-20(22)18-11-7-6-8-12-18/h6-17,21H,5H2,1-4H3,(H,28,31)(H,27,29,30)/t21-/m1/s1. The lowest BCUT2D eigenvalue weighted by Crippen LogP contribution is -2.45. The molecule has 1 aromatic heterocycles. The zero-order valence-corrected chi connectivity index (χ0v) is 19.3. The van der Waals surface area contributed by atoms with Gasteiger partial charge in [0.25, 0.3) is 0 Å². The molecule has 3 aromatic rings. The minimum Gasteiger partial charge on any atom is -0.457 e. The van der Waals surface area contributed by atoms with Gasteiger partial charge in [-0.1, -0.05) is 55.5 Å². The maximum absolute atomic E-state index is 12.7. The van der Waals surface area contributed by atoms with Gasteiger partial charge in [-0.25, -0.2) is 9.78 Å². The van der Waals surface area contributed by atoms with Gasteiger partial charge in [0, 0.05) is 17.8 Å². The summed E-state index contributed by atoms with van der Waals surface area (Å²) in [5.41, 5.74) is 1.34. The Hall–Kier alpha value is -3.87. The van der Waals surface area contributed by atoms with Crippen molar-refractivity contribution in [2.24, 2.45) is 0 Å². The van der Waals surface area contributed by atoms with Crippen LogP contribution in [0.25, 0.3) is 11.1 Å². The first-order valence-corrected chi connectivity index (χ1v) is 10.8. The van der Waals surface area contributed by atoms with Crippen LogP contribution in [0, 0.1) is 0 Å². The Labute approximate surface area is 194 Å². The molecule has 0 fully saturated rings. The molecule has 2 aromatic carbocycles. The molecule has 0 aliphatic rings. The number of rotatable bonds is 7. The van der Waals surface area contributed by atoms with Gasteiger partial charge in [-0.05, 0) is 44.9 Å². The fourth-order valence-corrected chi connectivity index (χ4v) is 3.10. The monoisotopic (exact) mass is 447 g/mol. The lowest BCUT2D eigenvalue weighted by molar-refractivity contribution is -0.118. The molecule has 1 heterocycles. The molecule has 0 spiro atoms. The maximum Gasteiger partial charge on any atom is 0.408 e. The number of ether oxygens (including phenoxy) is 2. The molecule has 0 bridgehead atoms. The largest absolute Gasteiger partial charge is 0.457 e. The van der Waals surface area contributed by atoms with E-state index in [1.54, 1.807) is 46.0 Å². The van der Waals surface area contributed by atoms with Crippen molar-refractivity contribution in [1.29, 1.82) is 0 Å². The first-order chi connectivity index (χ1) is 15.7. The van der Waals surface area contributed by atoms with Crippen molar-refractivity contribution in [3.63, 3.8) is 0 Å². The van der Waals surface area contributed by atoms with Gasteiger partial charge in [0.05, 0.1) is 0 Å². The molecule has 7 nitrogen and oxygen atoms in total. The van der Waals surface area contributed by atoms with E-state index in [4.69, 9.17) is 9.47 Å². The number of para-hydroxylation sites is 1. The van der Waals surface area contributed by atoms with E-state index >= 15 is 0 Å². The van der Waals surface area contributed by atoms with E-state index in [0.29, 0.717) is 23.7 Å². The average molecular weight is 448 g/mol. The summed E-state index contributed by atoms with van der Waals surface area (Å²) in [6.07, 6.45) is 1.30. The first kappa shape index (κ1) is 23.8. The van der Waals surface area contributed by atoms with Gasteiger partial charge in [-0.15, -0.1) is 0 Å². The van der Waals surface area contributed by atoms with E-state index in [1.165, 1.54) is 0 Å². The zero-order chi connectivity index (χ0) is 23.8. The fourth-order valence-electron chi connectivity index (χ4n) is 3.10. The van der Waals surface area contributed by atoms with Crippen LogP contribution in [0.1, 0.15) is 34.1 Å². The Bertz CT molecular complexity index is 1090. The van der Waals surface area contributed by atoms with E-state index in [2.05, 4.69) is 15.6 Å². The molecule has 0 saturated heterocycles. The topological polar surface area (TPSA) is 89.5 Å². The number of benzene rings is 2. The van der Waals surface area contributed by atoms with Crippen LogP contribution in [0.2, 0.25) is 0 Å². The molecule has 172 valence electrons. The highest BCUT2D eigenvalue weighted by atomic mass is 16.6. The van der Waals surface area contributed by atoms with E-state index < -0.39 is 23.6 Å². The Morgan fingerprint density at radius 3 is 2.39 bits per heavy atom. The van der Waals surface area contributed by atoms with Gasteiger partial charge in [-0.3, -0.25) is 4.79 Å². The van der Waals surface area contributed by atoms with Crippen LogP contribution >= 0.6 is 0 Å². The predicted molar refractivity (Wildman–Crippen MR) is 128 cm³/mol. The third-order valence-corrected chi connectivity index (χ3v) is 4.60. The number of nitrogens with zero attached hydrogens (tertiary/aromatic N) is 1. The van der Waals surface area contributed by atoms with Gasteiger partial charge in [0.15, 0.2) is 0 Å². The van der Waals surface area contributed by atoms with Gasteiger partial charge >= 0.3 is 6.09 Å². The number of hydrogen-bond acceptors (Lipinski definition) is 5. The molecule has 0 unspecified atom stereocenters. The Morgan fingerprint density at radius 2 is 1.70 bits per heavy atom.